The van der Waals surface area contributed by atoms with E-state index in [1.54, 1.807) is 36.5 Å². The fraction of sp³-hybridized carbons (Fsp3) is 0.250. The monoisotopic (exact) mass is 412 g/mol. The molecule has 4 aromatic rings. The minimum atomic E-state index is 0.570. The van der Waals surface area contributed by atoms with Gasteiger partial charge in [-0.1, -0.05) is 18.7 Å². The average molecular weight is 413 g/mol. The molecule has 3 aromatic heterocycles. The van der Waals surface area contributed by atoms with E-state index in [2.05, 4.69) is 32.1 Å². The van der Waals surface area contributed by atoms with Crippen LogP contribution in [0.15, 0.2) is 57.6 Å². The second-order valence-electron chi connectivity index (χ2n) is 6.08. The van der Waals surface area contributed by atoms with Crippen molar-refractivity contribution in [3.63, 3.8) is 0 Å². The SMILES string of the molecule is CCc1nc(CSc2nnc(-c3ccc(OC)cc3)n2Cc2ccco2)cs1. The van der Waals surface area contributed by atoms with Crippen molar-refractivity contribution in [1.82, 2.24) is 19.7 Å². The molecule has 8 heteroatoms. The zero-order chi connectivity index (χ0) is 19.3. The number of hydrogen-bond acceptors (Lipinski definition) is 7. The molecule has 0 aliphatic heterocycles. The largest absolute Gasteiger partial charge is 0.497 e. The first-order valence-electron chi connectivity index (χ1n) is 8.93. The van der Waals surface area contributed by atoms with Gasteiger partial charge in [0.25, 0.3) is 0 Å². The van der Waals surface area contributed by atoms with Gasteiger partial charge in [0.05, 0.1) is 30.6 Å². The fourth-order valence-corrected chi connectivity index (χ4v) is 4.45. The van der Waals surface area contributed by atoms with Gasteiger partial charge in [0.15, 0.2) is 11.0 Å². The number of aromatic nitrogens is 4. The van der Waals surface area contributed by atoms with Gasteiger partial charge in [-0.3, -0.25) is 4.57 Å². The van der Waals surface area contributed by atoms with E-state index in [-0.39, 0.29) is 0 Å². The van der Waals surface area contributed by atoms with E-state index < -0.39 is 0 Å². The number of thioether (sulfide) groups is 1. The second-order valence-corrected chi connectivity index (χ2v) is 7.96. The molecule has 0 saturated heterocycles. The van der Waals surface area contributed by atoms with Crippen LogP contribution in [0.3, 0.4) is 0 Å². The van der Waals surface area contributed by atoms with Gasteiger partial charge in [-0.25, -0.2) is 4.98 Å². The molecule has 0 spiro atoms. The lowest BCUT2D eigenvalue weighted by molar-refractivity contribution is 0.415. The average Bonchev–Trinajstić information content (AvgIpc) is 3.48. The number of nitrogens with zero attached hydrogens (tertiary/aromatic N) is 4. The van der Waals surface area contributed by atoms with Crippen LogP contribution >= 0.6 is 23.1 Å². The summed E-state index contributed by atoms with van der Waals surface area (Å²) >= 11 is 3.34. The molecule has 144 valence electrons. The molecule has 4 rings (SSSR count). The molecule has 6 nitrogen and oxygen atoms in total. The summed E-state index contributed by atoms with van der Waals surface area (Å²) in [6.45, 7) is 2.69. The maximum atomic E-state index is 5.55. The van der Waals surface area contributed by atoms with E-state index in [1.165, 1.54) is 0 Å². The molecule has 0 amide bonds. The smallest absolute Gasteiger partial charge is 0.192 e. The summed E-state index contributed by atoms with van der Waals surface area (Å²) in [6, 6.07) is 11.7. The molecule has 1 aromatic carbocycles. The highest BCUT2D eigenvalue weighted by Gasteiger charge is 2.16. The summed E-state index contributed by atoms with van der Waals surface area (Å²) < 4.78 is 12.9. The third-order valence-corrected chi connectivity index (χ3v) is 6.25. The number of furan rings is 1. The maximum Gasteiger partial charge on any atom is 0.192 e. The Balaban J connectivity index is 1.62. The maximum absolute atomic E-state index is 5.55. The van der Waals surface area contributed by atoms with Crippen molar-refractivity contribution >= 4 is 23.1 Å². The van der Waals surface area contributed by atoms with Crippen LogP contribution in [0, 0.1) is 0 Å². The van der Waals surface area contributed by atoms with Crippen LogP contribution in [0.1, 0.15) is 23.4 Å². The summed E-state index contributed by atoms with van der Waals surface area (Å²) in [4.78, 5) is 4.64. The molecular formula is C20H20N4O2S2. The summed E-state index contributed by atoms with van der Waals surface area (Å²) in [5, 5.41) is 13.0. The highest BCUT2D eigenvalue weighted by atomic mass is 32.2. The number of ether oxygens (including phenoxy) is 1. The van der Waals surface area contributed by atoms with E-state index in [4.69, 9.17) is 9.15 Å². The Kier molecular flexibility index (Phi) is 5.78. The lowest BCUT2D eigenvalue weighted by atomic mass is 10.2. The van der Waals surface area contributed by atoms with Gasteiger partial charge in [0.2, 0.25) is 0 Å². The topological polar surface area (TPSA) is 66.0 Å². The molecular weight excluding hydrogens is 392 g/mol. The van der Waals surface area contributed by atoms with E-state index >= 15 is 0 Å². The Hall–Kier alpha value is -2.58. The van der Waals surface area contributed by atoms with Gasteiger partial charge >= 0.3 is 0 Å². The normalized spacial score (nSPS) is 11.1. The van der Waals surface area contributed by atoms with Crippen molar-refractivity contribution in [1.29, 1.82) is 0 Å². The molecule has 0 aliphatic carbocycles. The van der Waals surface area contributed by atoms with E-state index in [0.29, 0.717) is 6.54 Å². The van der Waals surface area contributed by atoms with Crippen LogP contribution in [0.5, 0.6) is 5.75 Å². The van der Waals surface area contributed by atoms with Gasteiger partial charge in [-0.2, -0.15) is 0 Å². The molecule has 28 heavy (non-hydrogen) atoms. The zero-order valence-electron chi connectivity index (χ0n) is 15.7. The number of rotatable bonds is 8. The minimum absolute atomic E-state index is 0.570. The Labute approximate surface area is 171 Å². The number of hydrogen-bond donors (Lipinski definition) is 0. The predicted molar refractivity (Wildman–Crippen MR) is 111 cm³/mol. The molecule has 3 heterocycles. The van der Waals surface area contributed by atoms with Crippen LogP contribution < -0.4 is 4.74 Å². The Morgan fingerprint density at radius 1 is 1.18 bits per heavy atom. The zero-order valence-corrected chi connectivity index (χ0v) is 17.3. The molecule has 0 unspecified atom stereocenters. The minimum Gasteiger partial charge on any atom is -0.497 e. The molecule has 0 radical (unpaired) electrons. The molecule has 0 saturated carbocycles. The van der Waals surface area contributed by atoms with Gasteiger partial charge in [0.1, 0.15) is 11.5 Å². The lowest BCUT2D eigenvalue weighted by Crippen LogP contribution is -2.03. The Bertz CT molecular complexity index is 1020. The van der Waals surface area contributed by atoms with E-state index in [9.17, 15) is 0 Å². The van der Waals surface area contributed by atoms with Gasteiger partial charge in [-0.05, 0) is 42.8 Å². The van der Waals surface area contributed by atoms with Crippen molar-refractivity contribution in [3.05, 3.63) is 64.5 Å². The number of benzene rings is 1. The van der Waals surface area contributed by atoms with Crippen molar-refractivity contribution in [2.75, 3.05) is 7.11 Å². The van der Waals surface area contributed by atoms with Gasteiger partial charge < -0.3 is 9.15 Å². The first kappa shape index (κ1) is 18.8. The third-order valence-electron chi connectivity index (χ3n) is 4.21. The van der Waals surface area contributed by atoms with Crippen molar-refractivity contribution in [2.45, 2.75) is 30.8 Å². The van der Waals surface area contributed by atoms with Gasteiger partial charge in [0, 0.05) is 16.7 Å². The highest BCUT2D eigenvalue weighted by Crippen LogP contribution is 2.28. The summed E-state index contributed by atoms with van der Waals surface area (Å²) in [6.07, 6.45) is 2.65. The Morgan fingerprint density at radius 2 is 2.04 bits per heavy atom. The van der Waals surface area contributed by atoms with E-state index in [1.807, 2.05) is 36.4 Å². The summed E-state index contributed by atoms with van der Waals surface area (Å²) in [5.41, 5.74) is 2.05. The van der Waals surface area contributed by atoms with Gasteiger partial charge in [-0.15, -0.1) is 21.5 Å². The molecule has 0 aliphatic rings. The van der Waals surface area contributed by atoms with Crippen molar-refractivity contribution in [2.24, 2.45) is 0 Å². The number of thiazole rings is 1. The lowest BCUT2D eigenvalue weighted by Gasteiger charge is -2.09. The Morgan fingerprint density at radius 3 is 2.71 bits per heavy atom. The van der Waals surface area contributed by atoms with Crippen LogP contribution in [0.2, 0.25) is 0 Å². The number of methoxy groups -OCH3 is 1. The van der Waals surface area contributed by atoms with Crippen molar-refractivity contribution in [3.8, 4) is 17.1 Å². The molecule has 0 N–H and O–H groups in total. The first-order chi connectivity index (χ1) is 13.8. The quantitative estimate of drug-likeness (QED) is 0.383. The second kappa shape index (κ2) is 8.62. The fourth-order valence-electron chi connectivity index (χ4n) is 2.77. The molecule has 0 bridgehead atoms. The van der Waals surface area contributed by atoms with Crippen LogP contribution in [-0.4, -0.2) is 26.9 Å². The van der Waals surface area contributed by atoms with Crippen molar-refractivity contribution < 1.29 is 9.15 Å². The standard InChI is InChI=1S/C20H20N4O2S2/c1-3-18-21-15(12-27-18)13-28-20-23-22-19(14-6-8-16(25-2)9-7-14)24(20)11-17-5-4-10-26-17/h4-10,12H,3,11,13H2,1-2H3. The van der Waals surface area contributed by atoms with Crippen LogP contribution in [-0.2, 0) is 18.7 Å². The first-order valence-corrected chi connectivity index (χ1v) is 10.8. The molecule has 0 atom stereocenters. The molecule has 0 fully saturated rings. The number of aryl methyl sites for hydroxylation is 1. The predicted octanol–water partition coefficient (Wildman–Crippen LogP) is 4.91. The van der Waals surface area contributed by atoms with Crippen LogP contribution in [0.25, 0.3) is 11.4 Å². The van der Waals surface area contributed by atoms with Crippen LogP contribution in [0.4, 0.5) is 0 Å². The summed E-state index contributed by atoms with van der Waals surface area (Å²) in [7, 11) is 1.66. The summed E-state index contributed by atoms with van der Waals surface area (Å²) in [5.74, 6) is 3.23. The van der Waals surface area contributed by atoms with E-state index in [0.717, 1.165) is 50.9 Å². The highest BCUT2D eigenvalue weighted by molar-refractivity contribution is 7.98. The third kappa shape index (κ3) is 4.13.